The molecule has 0 unspecified atom stereocenters. The Kier molecular flexibility index (Phi) is 8.45. The summed E-state index contributed by atoms with van der Waals surface area (Å²) in [6, 6.07) is 19.7. The summed E-state index contributed by atoms with van der Waals surface area (Å²) in [4.78, 5) is 50.1. The molecule has 0 radical (unpaired) electrons. The van der Waals surface area contributed by atoms with Gasteiger partial charge < -0.3 is 14.8 Å². The summed E-state index contributed by atoms with van der Waals surface area (Å²) in [5, 5.41) is 6.64. The number of carbonyl (C=O) groups excluding carboxylic acids is 3. The Bertz CT molecular complexity index is 1660. The third-order valence-corrected chi connectivity index (χ3v) is 6.10. The molecule has 0 spiro atoms. The standard InChI is InChI=1S/C28H24ClN5O6/c1-17-24(27(37)34(33(17)2)21-7-5-4-6-8-21)31-25(35)26(36)32-30-16-18-9-14-22(23(15-18)39-3)40-28(38)19-10-12-20(29)13-11-19/h4-16H,1-3H3,(H,31,35)(H,32,36)/b30-16+. The van der Waals surface area contributed by atoms with E-state index in [-0.39, 0.29) is 17.2 Å². The van der Waals surface area contributed by atoms with Crippen LogP contribution in [-0.2, 0) is 16.6 Å². The normalized spacial score (nSPS) is 10.8. The first-order valence-electron chi connectivity index (χ1n) is 11.8. The van der Waals surface area contributed by atoms with Crippen molar-refractivity contribution in [2.24, 2.45) is 12.1 Å². The minimum Gasteiger partial charge on any atom is -0.493 e. The van der Waals surface area contributed by atoms with E-state index in [1.807, 2.05) is 6.07 Å². The zero-order valence-corrected chi connectivity index (χ0v) is 22.4. The molecular formula is C28H24ClN5O6. The summed E-state index contributed by atoms with van der Waals surface area (Å²) in [6.07, 6.45) is 1.27. The van der Waals surface area contributed by atoms with Gasteiger partial charge in [0.15, 0.2) is 11.5 Å². The topological polar surface area (TPSA) is 133 Å². The predicted octanol–water partition coefficient (Wildman–Crippen LogP) is 3.45. The first-order valence-corrected chi connectivity index (χ1v) is 12.2. The summed E-state index contributed by atoms with van der Waals surface area (Å²) in [6.45, 7) is 1.65. The van der Waals surface area contributed by atoms with Crippen molar-refractivity contribution in [3.05, 3.63) is 105 Å². The third-order valence-electron chi connectivity index (χ3n) is 5.85. The summed E-state index contributed by atoms with van der Waals surface area (Å²) in [5.41, 5.74) is 3.46. The van der Waals surface area contributed by atoms with Crippen LogP contribution in [0.2, 0.25) is 5.02 Å². The van der Waals surface area contributed by atoms with Gasteiger partial charge in [0.2, 0.25) is 0 Å². The highest BCUT2D eigenvalue weighted by Crippen LogP contribution is 2.28. The van der Waals surface area contributed by atoms with Gasteiger partial charge in [-0.3, -0.25) is 19.1 Å². The monoisotopic (exact) mass is 561 g/mol. The van der Waals surface area contributed by atoms with Crippen LogP contribution >= 0.6 is 11.6 Å². The summed E-state index contributed by atoms with van der Waals surface area (Å²) in [7, 11) is 3.07. The van der Waals surface area contributed by atoms with Crippen LogP contribution in [0.3, 0.4) is 0 Å². The van der Waals surface area contributed by atoms with Crippen molar-refractivity contribution >= 4 is 41.3 Å². The molecule has 12 heteroatoms. The minimum absolute atomic E-state index is 0.0241. The van der Waals surface area contributed by atoms with Crippen molar-refractivity contribution in [1.82, 2.24) is 14.8 Å². The molecule has 4 rings (SSSR count). The number of halogens is 1. The second-order valence-electron chi connectivity index (χ2n) is 8.40. The number of hydrogen-bond acceptors (Lipinski definition) is 7. The van der Waals surface area contributed by atoms with E-state index in [1.54, 1.807) is 61.1 Å². The van der Waals surface area contributed by atoms with Crippen LogP contribution in [0.15, 0.2) is 82.7 Å². The van der Waals surface area contributed by atoms with Gasteiger partial charge in [-0.25, -0.2) is 14.9 Å². The molecule has 0 aliphatic heterocycles. The van der Waals surface area contributed by atoms with E-state index in [9.17, 15) is 19.2 Å². The fourth-order valence-electron chi connectivity index (χ4n) is 3.69. The van der Waals surface area contributed by atoms with Crippen LogP contribution in [0, 0.1) is 6.92 Å². The summed E-state index contributed by atoms with van der Waals surface area (Å²) in [5.74, 6) is -2.33. The van der Waals surface area contributed by atoms with Crippen LogP contribution in [0.5, 0.6) is 11.5 Å². The number of hydrogen-bond donors (Lipinski definition) is 2. The quantitative estimate of drug-likeness (QED) is 0.117. The van der Waals surface area contributed by atoms with Gasteiger partial charge in [0.25, 0.3) is 5.56 Å². The van der Waals surface area contributed by atoms with E-state index < -0.39 is 23.3 Å². The van der Waals surface area contributed by atoms with Crippen molar-refractivity contribution in [2.45, 2.75) is 6.92 Å². The number of rotatable bonds is 7. The van der Waals surface area contributed by atoms with E-state index in [0.29, 0.717) is 27.5 Å². The van der Waals surface area contributed by atoms with Gasteiger partial charge in [-0.2, -0.15) is 5.10 Å². The summed E-state index contributed by atoms with van der Waals surface area (Å²) < 4.78 is 13.7. The highest BCUT2D eigenvalue weighted by molar-refractivity contribution is 6.39. The Labute approximate surface area is 233 Å². The smallest absolute Gasteiger partial charge is 0.343 e. The molecule has 11 nitrogen and oxygen atoms in total. The number of para-hydroxylation sites is 1. The molecule has 40 heavy (non-hydrogen) atoms. The number of esters is 1. The van der Waals surface area contributed by atoms with Crippen molar-refractivity contribution < 1.29 is 23.9 Å². The lowest BCUT2D eigenvalue weighted by Crippen LogP contribution is -2.34. The van der Waals surface area contributed by atoms with Crippen molar-refractivity contribution in [3.63, 3.8) is 0 Å². The second kappa shape index (κ2) is 12.1. The first kappa shape index (κ1) is 27.9. The van der Waals surface area contributed by atoms with Gasteiger partial charge in [0.05, 0.1) is 30.3 Å². The van der Waals surface area contributed by atoms with E-state index >= 15 is 0 Å². The second-order valence-corrected chi connectivity index (χ2v) is 8.83. The van der Waals surface area contributed by atoms with Crippen LogP contribution in [0.1, 0.15) is 21.6 Å². The van der Waals surface area contributed by atoms with Crippen LogP contribution in [-0.4, -0.2) is 40.5 Å². The number of anilines is 1. The molecule has 2 N–H and O–H groups in total. The minimum atomic E-state index is -1.08. The molecule has 1 heterocycles. The van der Waals surface area contributed by atoms with Crippen LogP contribution in [0.25, 0.3) is 5.69 Å². The summed E-state index contributed by atoms with van der Waals surface area (Å²) >= 11 is 5.85. The fourth-order valence-corrected chi connectivity index (χ4v) is 3.82. The van der Waals surface area contributed by atoms with Gasteiger partial charge in [-0.1, -0.05) is 29.8 Å². The van der Waals surface area contributed by atoms with Gasteiger partial charge in [0, 0.05) is 12.1 Å². The molecule has 0 saturated heterocycles. The maximum Gasteiger partial charge on any atom is 0.343 e. The molecule has 1 aromatic heterocycles. The number of amides is 2. The Balaban J connectivity index is 1.40. The molecule has 4 aromatic rings. The number of methoxy groups -OCH3 is 1. The Morgan fingerprint density at radius 3 is 2.33 bits per heavy atom. The molecule has 0 saturated carbocycles. The maximum atomic E-state index is 12.9. The van der Waals surface area contributed by atoms with Crippen molar-refractivity contribution in [2.75, 3.05) is 12.4 Å². The molecule has 0 bridgehead atoms. The zero-order chi connectivity index (χ0) is 28.8. The first-order chi connectivity index (χ1) is 19.2. The highest BCUT2D eigenvalue weighted by Gasteiger charge is 2.21. The van der Waals surface area contributed by atoms with E-state index in [0.717, 1.165) is 0 Å². The van der Waals surface area contributed by atoms with E-state index in [4.69, 9.17) is 21.1 Å². The van der Waals surface area contributed by atoms with Crippen LogP contribution < -0.4 is 25.8 Å². The average Bonchev–Trinajstić information content (AvgIpc) is 3.17. The molecule has 2 amide bonds. The van der Waals surface area contributed by atoms with Gasteiger partial charge in [-0.15, -0.1) is 0 Å². The molecule has 0 atom stereocenters. The molecular weight excluding hydrogens is 538 g/mol. The van der Waals surface area contributed by atoms with Crippen molar-refractivity contribution in [3.8, 4) is 17.2 Å². The number of benzene rings is 3. The van der Waals surface area contributed by atoms with Gasteiger partial charge >= 0.3 is 17.8 Å². The van der Waals surface area contributed by atoms with Crippen molar-refractivity contribution in [1.29, 1.82) is 0 Å². The number of aromatic nitrogens is 2. The molecule has 204 valence electrons. The number of hydrazone groups is 1. The van der Waals surface area contributed by atoms with Gasteiger partial charge in [-0.05, 0) is 67.1 Å². The predicted molar refractivity (Wildman–Crippen MR) is 150 cm³/mol. The number of ether oxygens (including phenoxy) is 2. The number of carbonyl (C=O) groups is 3. The number of nitrogens with zero attached hydrogens (tertiary/aromatic N) is 3. The lowest BCUT2D eigenvalue weighted by atomic mass is 10.2. The molecule has 0 fully saturated rings. The van der Waals surface area contributed by atoms with Gasteiger partial charge in [0.1, 0.15) is 5.69 Å². The Morgan fingerprint density at radius 1 is 0.950 bits per heavy atom. The zero-order valence-electron chi connectivity index (χ0n) is 21.7. The average molecular weight is 562 g/mol. The fraction of sp³-hybridized carbons (Fsp3) is 0.107. The highest BCUT2D eigenvalue weighted by atomic mass is 35.5. The molecule has 0 aliphatic carbocycles. The largest absolute Gasteiger partial charge is 0.493 e. The Morgan fingerprint density at radius 2 is 1.65 bits per heavy atom. The lowest BCUT2D eigenvalue weighted by molar-refractivity contribution is -0.136. The van der Waals surface area contributed by atoms with E-state index in [1.165, 1.54) is 42.3 Å². The maximum absolute atomic E-state index is 12.9. The number of nitrogens with one attached hydrogen (secondary N) is 2. The van der Waals surface area contributed by atoms with Crippen LogP contribution in [0.4, 0.5) is 5.69 Å². The Hall–Kier alpha value is -5.16. The molecule has 3 aromatic carbocycles. The lowest BCUT2D eigenvalue weighted by Gasteiger charge is -2.10. The third kappa shape index (κ3) is 6.11. The molecule has 0 aliphatic rings. The van der Waals surface area contributed by atoms with E-state index in [2.05, 4.69) is 15.8 Å². The SMILES string of the molecule is COc1cc(/C=N/NC(=O)C(=O)Nc2c(C)n(C)n(-c3ccccc3)c2=O)ccc1OC(=O)c1ccc(Cl)cc1.